The number of fused-ring (bicyclic) bond motifs is 1. The van der Waals surface area contributed by atoms with Gasteiger partial charge in [0.25, 0.3) is 0 Å². The molecule has 0 aliphatic carbocycles. The molecule has 2 nitrogen and oxygen atoms in total. The number of ether oxygens (including phenoxy) is 1. The Morgan fingerprint density at radius 2 is 2.08 bits per heavy atom. The second-order valence-electron chi connectivity index (χ2n) is 4.29. The van der Waals surface area contributed by atoms with Crippen molar-refractivity contribution in [1.29, 1.82) is 0 Å². The second kappa shape index (κ2) is 2.74. The van der Waals surface area contributed by atoms with Crippen LogP contribution in [0.5, 0.6) is 5.75 Å². The zero-order valence-electron chi connectivity index (χ0n) is 8.08. The Balaban J connectivity index is 2.45. The molecule has 0 saturated heterocycles. The van der Waals surface area contributed by atoms with Crippen LogP contribution in [0, 0.1) is 5.41 Å². The van der Waals surface area contributed by atoms with Gasteiger partial charge in [0.2, 0.25) is 0 Å². The zero-order valence-corrected chi connectivity index (χ0v) is 8.08. The fourth-order valence-electron chi connectivity index (χ4n) is 1.64. The summed E-state index contributed by atoms with van der Waals surface area (Å²) in [7, 11) is 0. The second-order valence-corrected chi connectivity index (χ2v) is 4.29. The first-order valence-corrected chi connectivity index (χ1v) is 4.58. The molecule has 1 unspecified atom stereocenters. The molecule has 0 fully saturated rings. The lowest BCUT2D eigenvalue weighted by molar-refractivity contribution is 0.122. The molecule has 2 N–H and O–H groups in total. The molecule has 1 aliphatic rings. The van der Waals surface area contributed by atoms with Crippen LogP contribution < -0.4 is 10.5 Å². The Kier molecular flexibility index (Phi) is 1.81. The molecular weight excluding hydrogens is 162 g/mol. The molecule has 2 heteroatoms. The highest BCUT2D eigenvalue weighted by atomic mass is 16.5. The molecule has 0 saturated carbocycles. The van der Waals surface area contributed by atoms with Gasteiger partial charge in [-0.05, 0) is 6.07 Å². The highest BCUT2D eigenvalue weighted by Crippen LogP contribution is 2.40. The largest absolute Gasteiger partial charge is 0.493 e. The smallest absolute Gasteiger partial charge is 0.124 e. The number of nitrogens with two attached hydrogens (primary N) is 1. The fourth-order valence-corrected chi connectivity index (χ4v) is 1.64. The molecule has 1 aromatic rings. The molecule has 13 heavy (non-hydrogen) atoms. The molecule has 1 heterocycles. The third-order valence-electron chi connectivity index (χ3n) is 2.70. The van der Waals surface area contributed by atoms with Gasteiger partial charge in [-0.2, -0.15) is 0 Å². The molecular formula is C11H15NO. The van der Waals surface area contributed by atoms with Crippen LogP contribution in [0.15, 0.2) is 24.3 Å². The monoisotopic (exact) mass is 177 g/mol. The standard InChI is InChI=1S/C11H15NO/c1-11(2)7-13-9-6-4-3-5-8(9)10(11)12/h3-6,10H,7,12H2,1-2H3. The minimum atomic E-state index is 0.0361. The van der Waals surface area contributed by atoms with Crippen molar-refractivity contribution in [3.05, 3.63) is 29.8 Å². The lowest BCUT2D eigenvalue weighted by Crippen LogP contribution is -2.38. The van der Waals surface area contributed by atoms with Crippen LogP contribution in [-0.2, 0) is 0 Å². The third kappa shape index (κ3) is 1.31. The van der Waals surface area contributed by atoms with Crippen molar-refractivity contribution >= 4 is 0 Å². The summed E-state index contributed by atoms with van der Waals surface area (Å²) in [5, 5.41) is 0. The Morgan fingerprint density at radius 1 is 1.38 bits per heavy atom. The maximum atomic E-state index is 6.14. The summed E-state index contributed by atoms with van der Waals surface area (Å²) in [6.45, 7) is 4.96. The van der Waals surface area contributed by atoms with Crippen LogP contribution >= 0.6 is 0 Å². The van der Waals surface area contributed by atoms with Gasteiger partial charge < -0.3 is 10.5 Å². The van der Waals surface area contributed by atoms with Crippen molar-refractivity contribution in [2.75, 3.05) is 6.61 Å². The van der Waals surface area contributed by atoms with E-state index in [0.717, 1.165) is 11.3 Å². The van der Waals surface area contributed by atoms with Gasteiger partial charge in [-0.25, -0.2) is 0 Å². The maximum Gasteiger partial charge on any atom is 0.124 e. The molecule has 2 rings (SSSR count). The average molecular weight is 177 g/mol. The van der Waals surface area contributed by atoms with Crippen molar-refractivity contribution < 1.29 is 4.74 Å². The number of rotatable bonds is 0. The topological polar surface area (TPSA) is 35.2 Å². The Bertz CT molecular complexity index is 320. The first-order chi connectivity index (χ1) is 6.11. The first kappa shape index (κ1) is 8.57. The SMILES string of the molecule is CC1(C)COc2ccccc2C1N. The lowest BCUT2D eigenvalue weighted by atomic mass is 9.80. The van der Waals surface area contributed by atoms with Crippen LogP contribution in [0.4, 0.5) is 0 Å². The van der Waals surface area contributed by atoms with Crippen molar-refractivity contribution in [2.24, 2.45) is 11.1 Å². The van der Waals surface area contributed by atoms with Crippen LogP contribution in [0.2, 0.25) is 0 Å². The van der Waals surface area contributed by atoms with E-state index in [1.807, 2.05) is 24.3 Å². The van der Waals surface area contributed by atoms with Gasteiger partial charge in [0.05, 0.1) is 6.61 Å². The Morgan fingerprint density at radius 3 is 2.85 bits per heavy atom. The summed E-state index contributed by atoms with van der Waals surface area (Å²) in [6, 6.07) is 8.08. The van der Waals surface area contributed by atoms with Crippen LogP contribution in [-0.4, -0.2) is 6.61 Å². The van der Waals surface area contributed by atoms with Crippen LogP contribution in [0.25, 0.3) is 0 Å². The van der Waals surface area contributed by atoms with E-state index in [1.54, 1.807) is 0 Å². The van der Waals surface area contributed by atoms with E-state index >= 15 is 0 Å². The molecule has 0 amide bonds. The van der Waals surface area contributed by atoms with E-state index in [-0.39, 0.29) is 11.5 Å². The normalized spacial score (nSPS) is 24.7. The predicted octanol–water partition coefficient (Wildman–Crippen LogP) is 2.10. The molecule has 1 atom stereocenters. The first-order valence-electron chi connectivity index (χ1n) is 4.58. The van der Waals surface area contributed by atoms with Gasteiger partial charge in [0, 0.05) is 17.0 Å². The molecule has 1 aliphatic heterocycles. The summed E-state index contributed by atoms with van der Waals surface area (Å²) in [6.07, 6.45) is 0. The quantitative estimate of drug-likeness (QED) is 0.658. The van der Waals surface area contributed by atoms with Gasteiger partial charge in [-0.15, -0.1) is 0 Å². The molecule has 0 radical (unpaired) electrons. The van der Waals surface area contributed by atoms with E-state index in [2.05, 4.69) is 13.8 Å². The fraction of sp³-hybridized carbons (Fsp3) is 0.455. The molecule has 0 spiro atoms. The van der Waals surface area contributed by atoms with Gasteiger partial charge in [0.1, 0.15) is 5.75 Å². The summed E-state index contributed by atoms with van der Waals surface area (Å²) in [4.78, 5) is 0. The number of benzene rings is 1. The van der Waals surface area contributed by atoms with Crippen molar-refractivity contribution in [2.45, 2.75) is 19.9 Å². The summed E-state index contributed by atoms with van der Waals surface area (Å²) in [5.74, 6) is 0.939. The van der Waals surface area contributed by atoms with E-state index in [4.69, 9.17) is 10.5 Å². The summed E-state index contributed by atoms with van der Waals surface area (Å²) < 4.78 is 5.63. The van der Waals surface area contributed by atoms with Crippen LogP contribution in [0.1, 0.15) is 25.5 Å². The highest BCUT2D eigenvalue weighted by molar-refractivity contribution is 5.38. The van der Waals surface area contributed by atoms with Crippen molar-refractivity contribution in [3.8, 4) is 5.75 Å². The minimum Gasteiger partial charge on any atom is -0.493 e. The number of hydrogen-bond acceptors (Lipinski definition) is 2. The zero-order chi connectivity index (χ0) is 9.47. The van der Waals surface area contributed by atoms with E-state index in [1.165, 1.54) is 0 Å². The van der Waals surface area contributed by atoms with Gasteiger partial charge in [0.15, 0.2) is 0 Å². The van der Waals surface area contributed by atoms with Gasteiger partial charge in [-0.1, -0.05) is 32.0 Å². The van der Waals surface area contributed by atoms with Crippen LogP contribution in [0.3, 0.4) is 0 Å². The average Bonchev–Trinajstić information content (AvgIpc) is 2.13. The molecule has 0 aromatic heterocycles. The highest BCUT2D eigenvalue weighted by Gasteiger charge is 2.34. The van der Waals surface area contributed by atoms with Crippen molar-refractivity contribution in [3.63, 3.8) is 0 Å². The number of para-hydroxylation sites is 1. The predicted molar refractivity (Wildman–Crippen MR) is 52.6 cm³/mol. The Labute approximate surface area is 78.7 Å². The van der Waals surface area contributed by atoms with Gasteiger partial charge >= 0.3 is 0 Å². The molecule has 70 valence electrons. The number of hydrogen-bond donors (Lipinski definition) is 1. The third-order valence-corrected chi connectivity index (χ3v) is 2.70. The van der Waals surface area contributed by atoms with Gasteiger partial charge in [-0.3, -0.25) is 0 Å². The summed E-state index contributed by atoms with van der Waals surface area (Å²) in [5.41, 5.74) is 7.30. The molecule has 1 aromatic carbocycles. The summed E-state index contributed by atoms with van der Waals surface area (Å²) >= 11 is 0. The van der Waals surface area contributed by atoms with E-state index < -0.39 is 0 Å². The Hall–Kier alpha value is -1.02. The minimum absolute atomic E-state index is 0.0361. The van der Waals surface area contributed by atoms with E-state index in [0.29, 0.717) is 6.61 Å². The lowest BCUT2D eigenvalue weighted by Gasteiger charge is -2.37. The van der Waals surface area contributed by atoms with Crippen molar-refractivity contribution in [1.82, 2.24) is 0 Å². The van der Waals surface area contributed by atoms with E-state index in [9.17, 15) is 0 Å². The molecule has 0 bridgehead atoms. The maximum absolute atomic E-state index is 6.14.